The van der Waals surface area contributed by atoms with Gasteiger partial charge < -0.3 is 15.2 Å². The second-order valence-electron chi connectivity index (χ2n) is 6.08. The van der Waals surface area contributed by atoms with Gasteiger partial charge in [-0.3, -0.25) is 4.79 Å². The summed E-state index contributed by atoms with van der Waals surface area (Å²) in [6.07, 6.45) is -10.3. The van der Waals surface area contributed by atoms with Crippen LogP contribution in [0.4, 0.5) is 32.0 Å². The van der Waals surface area contributed by atoms with Gasteiger partial charge in [0.15, 0.2) is 0 Å². The zero-order valence-corrected chi connectivity index (χ0v) is 15.3. The second kappa shape index (κ2) is 8.64. The third kappa shape index (κ3) is 5.65. The van der Waals surface area contributed by atoms with Gasteiger partial charge in [-0.15, -0.1) is 0 Å². The highest BCUT2D eigenvalue weighted by Crippen LogP contribution is 2.40. The van der Waals surface area contributed by atoms with Gasteiger partial charge in [0.1, 0.15) is 12.4 Å². The van der Waals surface area contributed by atoms with E-state index in [0.29, 0.717) is 12.1 Å². The summed E-state index contributed by atoms with van der Waals surface area (Å²) in [7, 11) is 0. The summed E-state index contributed by atoms with van der Waals surface area (Å²) in [6, 6.07) is 5.03. The van der Waals surface area contributed by atoms with Crippen molar-refractivity contribution in [2.45, 2.75) is 32.3 Å². The van der Waals surface area contributed by atoms with E-state index in [1.807, 2.05) is 0 Å². The third-order valence-electron chi connectivity index (χ3n) is 3.92. The standard InChI is InChI=1S/C19H15F6NO4/c1-2-16(27)26-15-6-4-11(8-12(15)17(28)29)30-9-10-3-5-13(18(20,21)22)14(7-10)19(23,24)25/h3-8H,2,9H2,1H3,(H,26,27)(H,28,29). The van der Waals surface area contributed by atoms with Crippen molar-refractivity contribution in [3.8, 4) is 5.75 Å². The number of amides is 1. The molecule has 2 N–H and O–H groups in total. The number of halogens is 6. The van der Waals surface area contributed by atoms with E-state index in [2.05, 4.69) is 5.32 Å². The van der Waals surface area contributed by atoms with Crippen molar-refractivity contribution in [1.82, 2.24) is 0 Å². The normalized spacial score (nSPS) is 11.8. The Kier molecular flexibility index (Phi) is 6.63. The molecule has 2 rings (SSSR count). The van der Waals surface area contributed by atoms with E-state index in [9.17, 15) is 41.0 Å². The first-order chi connectivity index (χ1) is 13.8. The predicted octanol–water partition coefficient (Wildman–Crippen LogP) is 5.35. The van der Waals surface area contributed by atoms with Crippen LogP contribution in [0.15, 0.2) is 36.4 Å². The predicted molar refractivity (Wildman–Crippen MR) is 93.1 cm³/mol. The van der Waals surface area contributed by atoms with Crippen LogP contribution in [0.25, 0.3) is 0 Å². The van der Waals surface area contributed by atoms with Crippen LogP contribution in [-0.2, 0) is 23.8 Å². The van der Waals surface area contributed by atoms with Crippen LogP contribution in [-0.4, -0.2) is 17.0 Å². The lowest BCUT2D eigenvalue weighted by Crippen LogP contribution is -2.17. The lowest BCUT2D eigenvalue weighted by Gasteiger charge is -2.17. The number of carbonyl (C=O) groups is 2. The maximum absolute atomic E-state index is 13.0. The molecule has 0 aromatic heterocycles. The Labute approximate surface area is 166 Å². The van der Waals surface area contributed by atoms with Crippen LogP contribution in [0.2, 0.25) is 0 Å². The molecule has 1 amide bonds. The Hall–Kier alpha value is -3.24. The number of rotatable bonds is 6. The van der Waals surface area contributed by atoms with E-state index in [1.54, 1.807) is 6.92 Å². The molecule has 0 bridgehead atoms. The molecule has 162 valence electrons. The van der Waals surface area contributed by atoms with E-state index in [0.717, 1.165) is 12.1 Å². The molecule has 0 saturated heterocycles. The number of benzene rings is 2. The average molecular weight is 435 g/mol. The van der Waals surface area contributed by atoms with Crippen molar-refractivity contribution in [2.75, 3.05) is 5.32 Å². The Morgan fingerprint density at radius 2 is 1.60 bits per heavy atom. The molecule has 0 heterocycles. The maximum atomic E-state index is 13.0. The number of carbonyl (C=O) groups excluding carboxylic acids is 1. The molecule has 30 heavy (non-hydrogen) atoms. The van der Waals surface area contributed by atoms with Crippen LogP contribution in [0.5, 0.6) is 5.75 Å². The Balaban J connectivity index is 2.28. The van der Waals surface area contributed by atoms with Gasteiger partial charge in [-0.25, -0.2) is 4.79 Å². The van der Waals surface area contributed by atoms with Crippen LogP contribution in [0, 0.1) is 0 Å². The molecule has 0 unspecified atom stereocenters. The molecule has 0 radical (unpaired) electrons. The van der Waals surface area contributed by atoms with Crippen molar-refractivity contribution in [3.05, 3.63) is 58.7 Å². The number of nitrogens with one attached hydrogen (secondary N) is 1. The largest absolute Gasteiger partial charge is 0.489 e. The van der Waals surface area contributed by atoms with Gasteiger partial charge in [0.2, 0.25) is 5.91 Å². The molecule has 5 nitrogen and oxygen atoms in total. The SMILES string of the molecule is CCC(=O)Nc1ccc(OCc2ccc(C(F)(F)F)c(C(F)(F)F)c2)cc1C(=O)O. The van der Waals surface area contributed by atoms with Gasteiger partial charge in [0.05, 0.1) is 22.4 Å². The zero-order valence-electron chi connectivity index (χ0n) is 15.3. The molecule has 0 spiro atoms. The minimum Gasteiger partial charge on any atom is -0.489 e. The van der Waals surface area contributed by atoms with Gasteiger partial charge in [0.25, 0.3) is 0 Å². The number of ether oxygens (including phenoxy) is 1. The second-order valence-corrected chi connectivity index (χ2v) is 6.08. The summed E-state index contributed by atoms with van der Waals surface area (Å²) in [5.74, 6) is -1.88. The molecule has 2 aromatic carbocycles. The van der Waals surface area contributed by atoms with Crippen molar-refractivity contribution in [1.29, 1.82) is 0 Å². The molecule has 0 aliphatic rings. The summed E-state index contributed by atoms with van der Waals surface area (Å²) < 4.78 is 82.7. The molecule has 0 saturated carbocycles. The maximum Gasteiger partial charge on any atom is 0.417 e. The van der Waals surface area contributed by atoms with E-state index in [-0.39, 0.29) is 29.0 Å². The van der Waals surface area contributed by atoms with Gasteiger partial charge in [-0.05, 0) is 35.9 Å². The molecule has 0 fully saturated rings. The highest BCUT2D eigenvalue weighted by molar-refractivity contribution is 6.00. The summed E-state index contributed by atoms with van der Waals surface area (Å²) in [6.45, 7) is 1.02. The first kappa shape index (κ1) is 23.0. The van der Waals surface area contributed by atoms with Crippen molar-refractivity contribution in [3.63, 3.8) is 0 Å². The highest BCUT2D eigenvalue weighted by Gasteiger charge is 2.43. The fraction of sp³-hybridized carbons (Fsp3) is 0.263. The number of hydrogen-bond donors (Lipinski definition) is 2. The van der Waals surface area contributed by atoms with Gasteiger partial charge >= 0.3 is 18.3 Å². The molecule has 2 aromatic rings. The molecule has 0 atom stereocenters. The van der Waals surface area contributed by atoms with Crippen LogP contribution < -0.4 is 10.1 Å². The summed E-state index contributed by atoms with van der Waals surface area (Å²) in [4.78, 5) is 22.8. The average Bonchev–Trinajstić information content (AvgIpc) is 2.65. The van der Waals surface area contributed by atoms with Crippen LogP contribution in [0.1, 0.15) is 40.4 Å². The molecule has 0 aliphatic heterocycles. The number of carboxylic acid groups (broad SMARTS) is 1. The van der Waals surface area contributed by atoms with E-state index in [4.69, 9.17) is 4.74 Å². The van der Waals surface area contributed by atoms with Crippen LogP contribution >= 0.6 is 0 Å². The zero-order chi connectivity index (χ0) is 22.7. The summed E-state index contributed by atoms with van der Waals surface area (Å²) in [5.41, 5.74) is -4.19. The van der Waals surface area contributed by atoms with Crippen molar-refractivity contribution in [2.24, 2.45) is 0 Å². The molecular weight excluding hydrogens is 420 g/mol. The minimum absolute atomic E-state index is 0.00409. The van der Waals surface area contributed by atoms with Crippen LogP contribution in [0.3, 0.4) is 0 Å². The van der Waals surface area contributed by atoms with Crippen molar-refractivity contribution < 1.29 is 45.8 Å². The number of hydrogen-bond acceptors (Lipinski definition) is 3. The van der Waals surface area contributed by atoms with E-state index >= 15 is 0 Å². The lowest BCUT2D eigenvalue weighted by molar-refractivity contribution is -0.162. The van der Waals surface area contributed by atoms with Gasteiger partial charge in [0, 0.05) is 6.42 Å². The first-order valence-corrected chi connectivity index (χ1v) is 8.40. The Morgan fingerprint density at radius 3 is 2.13 bits per heavy atom. The fourth-order valence-corrected chi connectivity index (χ4v) is 2.47. The minimum atomic E-state index is -5.23. The third-order valence-corrected chi connectivity index (χ3v) is 3.92. The molecule has 11 heteroatoms. The quantitative estimate of drug-likeness (QED) is 0.600. The number of anilines is 1. The Bertz CT molecular complexity index is 953. The van der Waals surface area contributed by atoms with Crippen molar-refractivity contribution >= 4 is 17.6 Å². The fourth-order valence-electron chi connectivity index (χ4n) is 2.47. The smallest absolute Gasteiger partial charge is 0.417 e. The number of carboxylic acids is 1. The van der Waals surface area contributed by atoms with E-state index < -0.39 is 42.0 Å². The Morgan fingerprint density at radius 1 is 0.967 bits per heavy atom. The number of alkyl halides is 6. The summed E-state index contributed by atoms with van der Waals surface area (Å²) >= 11 is 0. The summed E-state index contributed by atoms with van der Waals surface area (Å²) in [5, 5.41) is 11.6. The van der Waals surface area contributed by atoms with E-state index in [1.165, 1.54) is 12.1 Å². The number of aromatic carboxylic acids is 1. The van der Waals surface area contributed by atoms with Gasteiger partial charge in [-0.1, -0.05) is 13.0 Å². The molecule has 0 aliphatic carbocycles. The lowest BCUT2D eigenvalue weighted by atomic mass is 10.0. The van der Waals surface area contributed by atoms with Gasteiger partial charge in [-0.2, -0.15) is 26.3 Å². The highest BCUT2D eigenvalue weighted by atomic mass is 19.4. The monoisotopic (exact) mass is 435 g/mol. The topological polar surface area (TPSA) is 75.6 Å². The first-order valence-electron chi connectivity index (χ1n) is 8.40. The molecular formula is C19H15F6NO4.